The molecule has 2 bridgehead atoms. The van der Waals surface area contributed by atoms with Gasteiger partial charge in [0.2, 0.25) is 0 Å². The van der Waals surface area contributed by atoms with Gasteiger partial charge in [-0.15, -0.1) is 11.3 Å². The number of fused-ring (bicyclic) bond motifs is 2. The van der Waals surface area contributed by atoms with Crippen molar-refractivity contribution < 1.29 is 0 Å². The van der Waals surface area contributed by atoms with Gasteiger partial charge in [-0.2, -0.15) is 0 Å². The van der Waals surface area contributed by atoms with Gasteiger partial charge in [-0.25, -0.2) is 4.98 Å². The van der Waals surface area contributed by atoms with E-state index in [0.717, 1.165) is 24.3 Å². The second-order valence-electron chi connectivity index (χ2n) is 4.23. The van der Waals surface area contributed by atoms with Crippen LogP contribution < -0.4 is 0 Å². The Morgan fingerprint density at radius 3 is 2.50 bits per heavy atom. The number of hydrogen-bond donors (Lipinski definition) is 0. The van der Waals surface area contributed by atoms with E-state index in [0.29, 0.717) is 4.47 Å². The topological polar surface area (TPSA) is 16.1 Å². The molecule has 2 saturated heterocycles. The van der Waals surface area contributed by atoms with Crippen molar-refractivity contribution in [2.75, 3.05) is 0 Å². The van der Waals surface area contributed by atoms with Crippen molar-refractivity contribution in [2.24, 2.45) is 0 Å². The lowest BCUT2D eigenvalue weighted by atomic mass is 10.0. The van der Waals surface area contributed by atoms with Gasteiger partial charge in [0.25, 0.3) is 0 Å². The van der Waals surface area contributed by atoms with Crippen LogP contribution in [0.2, 0.25) is 4.47 Å². The number of rotatable bonds is 2. The molecule has 2 nitrogen and oxygen atoms in total. The molecule has 0 aromatic carbocycles. The minimum Gasteiger partial charge on any atom is -0.292 e. The molecule has 0 unspecified atom stereocenters. The fraction of sp³-hybridized carbons (Fsp3) is 0.700. The van der Waals surface area contributed by atoms with Gasteiger partial charge in [-0.1, -0.05) is 11.6 Å². The molecule has 1 aromatic heterocycles. The normalized spacial score (nSPS) is 31.5. The Kier molecular flexibility index (Phi) is 2.26. The molecule has 2 aliphatic rings. The second kappa shape index (κ2) is 3.47. The predicted molar refractivity (Wildman–Crippen MR) is 58.7 cm³/mol. The van der Waals surface area contributed by atoms with Gasteiger partial charge in [-0.05, 0) is 25.7 Å². The van der Waals surface area contributed by atoms with Gasteiger partial charge in [0.05, 0.1) is 5.69 Å². The summed E-state index contributed by atoms with van der Waals surface area (Å²) in [5, 5.41) is 2.08. The number of hydrogen-bond acceptors (Lipinski definition) is 3. The molecule has 76 valence electrons. The van der Waals surface area contributed by atoms with Gasteiger partial charge in [0.15, 0.2) is 4.47 Å². The summed E-state index contributed by atoms with van der Waals surface area (Å²) in [5.41, 5.74) is 1.15. The number of thiazole rings is 1. The van der Waals surface area contributed by atoms with E-state index < -0.39 is 0 Å². The molecule has 0 spiro atoms. The summed E-state index contributed by atoms with van der Waals surface area (Å²) in [5.74, 6) is 0. The maximum absolute atomic E-state index is 5.82. The lowest BCUT2D eigenvalue weighted by Gasteiger charge is -2.19. The van der Waals surface area contributed by atoms with E-state index in [9.17, 15) is 0 Å². The van der Waals surface area contributed by atoms with E-state index in [4.69, 9.17) is 11.6 Å². The smallest absolute Gasteiger partial charge is 0.183 e. The average Bonchev–Trinajstić information content (AvgIpc) is 2.85. The quantitative estimate of drug-likeness (QED) is 0.774. The summed E-state index contributed by atoms with van der Waals surface area (Å²) in [6, 6.07) is 1.67. The van der Waals surface area contributed by atoms with Crippen LogP contribution in [0, 0.1) is 0 Å². The maximum atomic E-state index is 5.82. The minimum absolute atomic E-state index is 0.673. The SMILES string of the molecule is Clc1nc(CN2C3CCC2CC3)cs1. The lowest BCUT2D eigenvalue weighted by Crippen LogP contribution is -2.27. The summed E-state index contributed by atoms with van der Waals surface area (Å²) >= 11 is 7.36. The minimum atomic E-state index is 0.673. The van der Waals surface area contributed by atoms with Crippen molar-refractivity contribution in [2.45, 2.75) is 44.3 Å². The van der Waals surface area contributed by atoms with E-state index in [2.05, 4.69) is 15.3 Å². The van der Waals surface area contributed by atoms with Crippen molar-refractivity contribution in [3.63, 3.8) is 0 Å². The standard InChI is InChI=1S/C10H13ClN2S/c11-10-12-7(6-14-10)5-13-8-1-2-9(13)4-3-8/h6,8-9H,1-5H2. The molecule has 3 rings (SSSR count). The fourth-order valence-electron chi connectivity index (χ4n) is 2.82. The molecule has 1 aromatic rings. The molecule has 2 aliphatic heterocycles. The Labute approximate surface area is 92.9 Å². The molecule has 0 N–H and O–H groups in total. The van der Waals surface area contributed by atoms with Crippen LogP contribution in [0.25, 0.3) is 0 Å². The molecule has 2 fully saturated rings. The predicted octanol–water partition coefficient (Wildman–Crippen LogP) is 2.92. The molecule has 0 saturated carbocycles. The summed E-state index contributed by atoms with van der Waals surface area (Å²) < 4.78 is 0.673. The van der Waals surface area contributed by atoms with Gasteiger partial charge in [0, 0.05) is 24.0 Å². The van der Waals surface area contributed by atoms with E-state index in [-0.39, 0.29) is 0 Å². The highest BCUT2D eigenvalue weighted by molar-refractivity contribution is 7.13. The number of halogens is 1. The Balaban J connectivity index is 1.73. The van der Waals surface area contributed by atoms with Crippen LogP contribution in [0.5, 0.6) is 0 Å². The zero-order chi connectivity index (χ0) is 9.54. The van der Waals surface area contributed by atoms with E-state index in [1.165, 1.54) is 37.0 Å². The van der Waals surface area contributed by atoms with E-state index >= 15 is 0 Å². The summed E-state index contributed by atoms with van der Waals surface area (Å²) in [4.78, 5) is 6.93. The van der Waals surface area contributed by atoms with Gasteiger partial charge < -0.3 is 0 Å². The highest BCUT2D eigenvalue weighted by Crippen LogP contribution is 2.38. The van der Waals surface area contributed by atoms with Gasteiger partial charge in [0.1, 0.15) is 0 Å². The van der Waals surface area contributed by atoms with Gasteiger partial charge >= 0.3 is 0 Å². The summed E-state index contributed by atoms with van der Waals surface area (Å²) in [6.07, 6.45) is 5.57. The third-order valence-corrected chi connectivity index (χ3v) is 4.50. The van der Waals surface area contributed by atoms with Crippen LogP contribution >= 0.6 is 22.9 Å². The van der Waals surface area contributed by atoms with Crippen LogP contribution in [0.1, 0.15) is 31.4 Å². The molecule has 0 radical (unpaired) electrons. The van der Waals surface area contributed by atoms with Crippen molar-refractivity contribution in [3.05, 3.63) is 15.5 Å². The van der Waals surface area contributed by atoms with Crippen LogP contribution in [-0.4, -0.2) is 22.0 Å². The Bertz CT molecular complexity index is 319. The second-order valence-corrected chi connectivity index (χ2v) is 5.67. The first kappa shape index (κ1) is 9.13. The first-order valence-corrected chi connectivity index (χ1v) is 6.44. The Morgan fingerprint density at radius 1 is 1.36 bits per heavy atom. The Hall–Kier alpha value is -0.120. The number of nitrogens with zero attached hydrogens (tertiary/aromatic N) is 2. The maximum Gasteiger partial charge on any atom is 0.183 e. The lowest BCUT2D eigenvalue weighted by molar-refractivity contribution is 0.241. The van der Waals surface area contributed by atoms with Crippen molar-refractivity contribution in [1.82, 2.24) is 9.88 Å². The highest BCUT2D eigenvalue weighted by Gasteiger charge is 2.39. The van der Waals surface area contributed by atoms with Crippen LogP contribution in [-0.2, 0) is 6.54 Å². The largest absolute Gasteiger partial charge is 0.292 e. The first-order valence-electron chi connectivity index (χ1n) is 5.18. The van der Waals surface area contributed by atoms with E-state index in [1.807, 2.05) is 0 Å². The molecule has 0 atom stereocenters. The Morgan fingerprint density at radius 2 is 2.00 bits per heavy atom. The molecule has 4 heteroatoms. The monoisotopic (exact) mass is 228 g/mol. The van der Waals surface area contributed by atoms with Crippen molar-refractivity contribution in [3.8, 4) is 0 Å². The molecular formula is C10H13ClN2S. The highest BCUT2D eigenvalue weighted by atomic mass is 35.5. The van der Waals surface area contributed by atoms with Crippen molar-refractivity contribution in [1.29, 1.82) is 0 Å². The van der Waals surface area contributed by atoms with Crippen molar-refractivity contribution >= 4 is 22.9 Å². The first-order chi connectivity index (χ1) is 6.83. The average molecular weight is 229 g/mol. The molecular weight excluding hydrogens is 216 g/mol. The molecule has 0 aliphatic carbocycles. The molecule has 0 amide bonds. The fourth-order valence-corrected chi connectivity index (χ4v) is 3.59. The molecule has 14 heavy (non-hydrogen) atoms. The zero-order valence-electron chi connectivity index (χ0n) is 7.95. The molecule has 3 heterocycles. The van der Waals surface area contributed by atoms with Crippen LogP contribution in [0.4, 0.5) is 0 Å². The summed E-state index contributed by atoms with van der Waals surface area (Å²) in [7, 11) is 0. The van der Waals surface area contributed by atoms with E-state index in [1.54, 1.807) is 0 Å². The summed E-state index contributed by atoms with van der Waals surface area (Å²) in [6.45, 7) is 1.01. The number of aromatic nitrogens is 1. The zero-order valence-corrected chi connectivity index (χ0v) is 9.52. The van der Waals surface area contributed by atoms with Gasteiger partial charge in [-0.3, -0.25) is 4.90 Å². The van der Waals surface area contributed by atoms with Crippen LogP contribution in [0.3, 0.4) is 0 Å². The third kappa shape index (κ3) is 1.47. The third-order valence-electron chi connectivity index (χ3n) is 3.47. The van der Waals surface area contributed by atoms with Crippen LogP contribution in [0.15, 0.2) is 5.38 Å².